The third kappa shape index (κ3) is 6.73. The van der Waals surface area contributed by atoms with Crippen molar-refractivity contribution >= 4 is 37.6 Å². The number of hydrogen-bond acceptors (Lipinski definition) is 9. The number of carbonyl (C=O) groups excluding carboxylic acids is 3. The smallest absolute Gasteiger partial charge is 0.305 e. The van der Waals surface area contributed by atoms with E-state index in [2.05, 4.69) is 15.6 Å². The number of rotatable bonds is 13. The molecule has 2 amide bonds. The summed E-state index contributed by atoms with van der Waals surface area (Å²) in [6.45, 7) is 7.22. The van der Waals surface area contributed by atoms with Crippen LogP contribution >= 0.6 is 0 Å². The monoisotopic (exact) mass is 706 g/mol. The number of aliphatic hydroxyl groups excluding tert-OH is 1. The number of aromatic nitrogens is 3. The quantitative estimate of drug-likeness (QED) is 0.117. The average molecular weight is 707 g/mol. The van der Waals surface area contributed by atoms with Crippen LogP contribution < -0.4 is 15.1 Å². The molecule has 2 saturated heterocycles. The topological polar surface area (TPSA) is 139 Å². The van der Waals surface area contributed by atoms with Crippen LogP contribution in [0.1, 0.15) is 55.3 Å². The molecule has 3 aromatic rings. The van der Waals surface area contributed by atoms with Gasteiger partial charge in [-0.2, -0.15) is 0 Å². The molecule has 0 radical (unpaired) electrons. The van der Waals surface area contributed by atoms with Crippen molar-refractivity contribution in [2.24, 2.45) is 5.92 Å². The number of aliphatic hydroxyl groups is 1. The molecule has 2 fully saturated rings. The maximum Gasteiger partial charge on any atom is 0.305 e. The second-order valence-corrected chi connectivity index (χ2v) is 17.8. The fourth-order valence-corrected chi connectivity index (χ4v) is 10.7. The Kier molecular flexibility index (Phi) is 10.5. The SMILES string of the molecule is COC(=O)CCCCN1C(=O)[C@]2(O[C@H](CCn3cc(C(CO)c4ccccc4)nn3)[C@@H]([Si](C)(C)F)[C@@H]2C)c2cc(N3CCNCC3=O)ccc21. The van der Waals surface area contributed by atoms with Gasteiger partial charge in [0.2, 0.25) is 14.3 Å². The van der Waals surface area contributed by atoms with Gasteiger partial charge in [0, 0.05) is 61.5 Å². The van der Waals surface area contributed by atoms with Crippen molar-refractivity contribution in [1.82, 2.24) is 20.3 Å². The number of carbonyl (C=O) groups is 3. The van der Waals surface area contributed by atoms with Gasteiger partial charge >= 0.3 is 5.97 Å². The highest BCUT2D eigenvalue weighted by Gasteiger charge is 2.66. The summed E-state index contributed by atoms with van der Waals surface area (Å²) >= 11 is 0. The van der Waals surface area contributed by atoms with E-state index in [-0.39, 0.29) is 43.3 Å². The molecule has 3 aliphatic heterocycles. The highest BCUT2D eigenvalue weighted by Crippen LogP contribution is 2.60. The lowest BCUT2D eigenvalue weighted by Gasteiger charge is -2.32. The van der Waals surface area contributed by atoms with Crippen molar-refractivity contribution in [2.75, 3.05) is 49.7 Å². The number of nitrogens with one attached hydrogen (secondary N) is 1. The number of ether oxygens (including phenoxy) is 2. The predicted molar refractivity (Wildman–Crippen MR) is 188 cm³/mol. The number of hydrogen-bond donors (Lipinski definition) is 2. The molecule has 2 N–H and O–H groups in total. The predicted octanol–water partition coefficient (Wildman–Crippen LogP) is 3.89. The van der Waals surface area contributed by atoms with Crippen LogP contribution in [0.25, 0.3) is 0 Å². The van der Waals surface area contributed by atoms with Gasteiger partial charge in [0.1, 0.15) is 0 Å². The number of fused-ring (bicyclic) bond motifs is 2. The lowest BCUT2D eigenvalue weighted by Crippen LogP contribution is -2.48. The number of piperazine rings is 1. The Morgan fingerprint density at radius 3 is 2.66 bits per heavy atom. The number of aryl methyl sites for hydroxylation is 1. The minimum atomic E-state index is -3.42. The Morgan fingerprint density at radius 1 is 1.18 bits per heavy atom. The molecule has 5 atom stereocenters. The average Bonchev–Trinajstić information content (AvgIpc) is 3.76. The van der Waals surface area contributed by atoms with E-state index in [9.17, 15) is 19.5 Å². The summed E-state index contributed by atoms with van der Waals surface area (Å²) in [7, 11) is -2.07. The van der Waals surface area contributed by atoms with Gasteiger partial charge < -0.3 is 33.8 Å². The first-order valence-electron chi connectivity index (χ1n) is 17.5. The minimum absolute atomic E-state index is 0.0643. The molecule has 1 unspecified atom stereocenters. The zero-order valence-electron chi connectivity index (χ0n) is 29.2. The van der Waals surface area contributed by atoms with E-state index in [4.69, 9.17) is 9.47 Å². The van der Waals surface area contributed by atoms with Crippen LogP contribution in [-0.2, 0) is 36.0 Å². The van der Waals surface area contributed by atoms with Crippen molar-refractivity contribution in [2.45, 2.75) is 75.4 Å². The maximum atomic E-state index is 16.4. The maximum absolute atomic E-state index is 16.4. The third-order valence-electron chi connectivity index (χ3n) is 10.5. The Balaban J connectivity index is 1.31. The Morgan fingerprint density at radius 2 is 1.96 bits per heavy atom. The number of halogens is 1. The number of nitrogens with zero attached hydrogens (tertiary/aromatic N) is 5. The molecule has 12 nitrogen and oxygen atoms in total. The second-order valence-electron chi connectivity index (χ2n) is 14.0. The minimum Gasteiger partial charge on any atom is -0.469 e. The van der Waals surface area contributed by atoms with Gasteiger partial charge in [0.05, 0.1) is 43.7 Å². The van der Waals surface area contributed by atoms with Crippen molar-refractivity contribution < 1.29 is 33.1 Å². The van der Waals surface area contributed by atoms with Gasteiger partial charge in [-0.3, -0.25) is 19.1 Å². The molecule has 0 saturated carbocycles. The van der Waals surface area contributed by atoms with Gasteiger partial charge in [0.25, 0.3) is 5.91 Å². The van der Waals surface area contributed by atoms with E-state index >= 15 is 4.11 Å². The molecule has 6 rings (SSSR count). The highest BCUT2D eigenvalue weighted by molar-refractivity contribution is 6.72. The fourth-order valence-electron chi connectivity index (χ4n) is 8.11. The lowest BCUT2D eigenvalue weighted by molar-refractivity contribution is -0.146. The van der Waals surface area contributed by atoms with Crippen LogP contribution in [0.2, 0.25) is 18.6 Å². The molecule has 0 bridgehead atoms. The van der Waals surface area contributed by atoms with Crippen LogP contribution in [0.15, 0.2) is 54.7 Å². The van der Waals surface area contributed by atoms with Gasteiger partial charge in [-0.05, 0) is 56.1 Å². The molecule has 50 heavy (non-hydrogen) atoms. The summed E-state index contributed by atoms with van der Waals surface area (Å²) in [4.78, 5) is 42.8. The van der Waals surface area contributed by atoms with E-state index in [1.54, 1.807) is 33.8 Å². The fraction of sp³-hybridized carbons (Fsp3) is 0.528. The molecule has 3 aliphatic rings. The molecule has 2 aromatic carbocycles. The first kappa shape index (κ1) is 35.8. The summed E-state index contributed by atoms with van der Waals surface area (Å²) in [6.07, 6.45) is 2.95. The Labute approximate surface area is 293 Å². The molecule has 0 aliphatic carbocycles. The number of amides is 2. The number of methoxy groups -OCH3 is 1. The summed E-state index contributed by atoms with van der Waals surface area (Å²) in [5.41, 5.74) is 1.60. The molecule has 14 heteroatoms. The number of unbranched alkanes of at least 4 members (excludes halogenated alkanes) is 1. The Bertz CT molecular complexity index is 1700. The van der Waals surface area contributed by atoms with Crippen molar-refractivity contribution in [1.29, 1.82) is 0 Å². The molecule has 4 heterocycles. The van der Waals surface area contributed by atoms with Crippen molar-refractivity contribution in [3.8, 4) is 0 Å². The summed E-state index contributed by atoms with van der Waals surface area (Å²) in [5.74, 6) is -1.44. The van der Waals surface area contributed by atoms with Crippen LogP contribution in [0, 0.1) is 5.92 Å². The first-order valence-corrected chi connectivity index (χ1v) is 20.4. The van der Waals surface area contributed by atoms with Crippen LogP contribution in [0.5, 0.6) is 0 Å². The van der Waals surface area contributed by atoms with E-state index in [1.165, 1.54) is 7.11 Å². The molecular weight excluding hydrogens is 660 g/mol. The normalized spacial score (nSPS) is 24.2. The third-order valence-corrected chi connectivity index (χ3v) is 13.0. The van der Waals surface area contributed by atoms with Crippen molar-refractivity contribution in [3.63, 3.8) is 0 Å². The van der Waals surface area contributed by atoms with Crippen LogP contribution in [0.3, 0.4) is 0 Å². The molecular formula is C36H47FN6O6Si. The molecule has 1 aromatic heterocycles. The van der Waals surface area contributed by atoms with E-state index in [0.29, 0.717) is 68.1 Å². The molecule has 1 spiro atoms. The van der Waals surface area contributed by atoms with Crippen LogP contribution in [0.4, 0.5) is 15.5 Å². The number of benzene rings is 2. The zero-order valence-corrected chi connectivity index (χ0v) is 30.2. The van der Waals surface area contributed by atoms with Gasteiger partial charge in [-0.25, -0.2) is 0 Å². The van der Waals surface area contributed by atoms with Crippen LogP contribution in [-0.4, -0.2) is 92.3 Å². The van der Waals surface area contributed by atoms with Gasteiger partial charge in [0.15, 0.2) is 5.60 Å². The van der Waals surface area contributed by atoms with E-state index in [1.807, 2.05) is 55.5 Å². The van der Waals surface area contributed by atoms with Gasteiger partial charge in [-0.1, -0.05) is 42.5 Å². The highest BCUT2D eigenvalue weighted by atomic mass is 28.4. The second kappa shape index (κ2) is 14.7. The zero-order chi connectivity index (χ0) is 35.6. The van der Waals surface area contributed by atoms with E-state index in [0.717, 1.165) is 5.56 Å². The lowest BCUT2D eigenvalue weighted by atomic mass is 9.82. The summed E-state index contributed by atoms with van der Waals surface area (Å²) in [5, 5.41) is 21.9. The van der Waals surface area contributed by atoms with Gasteiger partial charge in [-0.15, -0.1) is 5.10 Å². The standard InChI is InChI=1S/C36H47FN6O6Si/c1-24-34(50(3,4)37)31(15-18-41-22-29(39-40-41)27(23-44)25-10-6-5-7-11-25)49-36(24)28-20-26(42-19-16-38-21-32(42)45)13-14-30(28)43(35(36)47)17-9-8-12-33(46)48-2/h5-7,10-11,13-14,20,22,24,27,31,34,38,44H,8-9,12,15-19,21,23H2,1-4H3/t24-,27?,31+,34-,36+/m0/s1. The summed E-state index contributed by atoms with van der Waals surface area (Å²) in [6, 6.07) is 15.2. The summed E-state index contributed by atoms with van der Waals surface area (Å²) < 4.78 is 29.9. The largest absolute Gasteiger partial charge is 0.469 e. The number of anilines is 2. The Hall–Kier alpha value is -3.98. The first-order chi connectivity index (χ1) is 24.0. The number of esters is 1. The van der Waals surface area contributed by atoms with E-state index < -0.39 is 31.6 Å². The molecule has 268 valence electrons. The van der Waals surface area contributed by atoms with Crippen molar-refractivity contribution in [3.05, 3.63) is 71.5 Å².